The predicted octanol–water partition coefficient (Wildman–Crippen LogP) is -0.157. The van der Waals surface area contributed by atoms with Crippen LogP contribution in [0.1, 0.15) is 28.8 Å². The third-order valence-electron chi connectivity index (χ3n) is 2.09. The third-order valence-corrected chi connectivity index (χ3v) is 2.09. The fraction of sp³-hybridized carbons (Fsp3) is 0.500. The van der Waals surface area contributed by atoms with E-state index in [0.717, 1.165) is 0 Å². The summed E-state index contributed by atoms with van der Waals surface area (Å²) in [6.07, 6.45) is -2.39. The van der Waals surface area contributed by atoms with Crippen LogP contribution in [-0.2, 0) is 4.74 Å². The zero-order chi connectivity index (χ0) is 12.1. The molecule has 2 atom stereocenters. The Bertz CT molecular complexity index is 345. The van der Waals surface area contributed by atoms with Crippen LogP contribution in [-0.4, -0.2) is 41.1 Å². The van der Waals surface area contributed by atoms with E-state index >= 15 is 0 Å². The van der Waals surface area contributed by atoms with Crippen LogP contribution in [0, 0.1) is 0 Å². The highest BCUT2D eigenvalue weighted by atomic mass is 16.5. The molecule has 0 saturated carbocycles. The van der Waals surface area contributed by atoms with Gasteiger partial charge in [0.25, 0.3) is 0 Å². The van der Waals surface area contributed by atoms with Crippen LogP contribution in [0.3, 0.4) is 0 Å². The van der Waals surface area contributed by atoms with Gasteiger partial charge < -0.3 is 24.5 Å². The van der Waals surface area contributed by atoms with Crippen LogP contribution >= 0.6 is 0 Å². The molecule has 0 fully saturated rings. The molecule has 0 spiro atoms. The molecule has 0 aromatic carbocycles. The van der Waals surface area contributed by atoms with Crippen LogP contribution in [0.2, 0.25) is 0 Å². The summed E-state index contributed by atoms with van der Waals surface area (Å²) in [5.74, 6) is -0.649. The third kappa shape index (κ3) is 2.82. The van der Waals surface area contributed by atoms with E-state index in [1.807, 2.05) is 0 Å². The maximum absolute atomic E-state index is 11.0. The summed E-state index contributed by atoms with van der Waals surface area (Å²) >= 11 is 0. The first-order valence-electron chi connectivity index (χ1n) is 4.75. The second-order valence-corrected chi connectivity index (χ2v) is 3.22. The van der Waals surface area contributed by atoms with Gasteiger partial charge in [-0.15, -0.1) is 0 Å². The first kappa shape index (κ1) is 12.7. The van der Waals surface area contributed by atoms with Crippen molar-refractivity contribution in [3.05, 3.63) is 23.7 Å². The van der Waals surface area contributed by atoms with E-state index in [-0.39, 0.29) is 24.5 Å². The topological polar surface area (TPSA) is 100 Å². The fourth-order valence-electron chi connectivity index (χ4n) is 1.20. The van der Waals surface area contributed by atoms with E-state index in [9.17, 15) is 15.0 Å². The summed E-state index contributed by atoms with van der Waals surface area (Å²) in [5.41, 5.74) is 0. The minimum absolute atomic E-state index is 0.0232. The largest absolute Gasteiger partial charge is 0.463 e. The van der Waals surface area contributed by atoms with Crippen molar-refractivity contribution in [3.8, 4) is 0 Å². The van der Waals surface area contributed by atoms with Crippen LogP contribution in [0.5, 0.6) is 0 Å². The molecular weight excluding hydrogens is 216 g/mol. The molecule has 0 bridgehead atoms. The van der Waals surface area contributed by atoms with Crippen molar-refractivity contribution in [3.63, 3.8) is 0 Å². The Balaban J connectivity index is 2.73. The van der Waals surface area contributed by atoms with Gasteiger partial charge in [-0.05, 0) is 18.6 Å². The molecule has 90 valence electrons. The van der Waals surface area contributed by atoms with Crippen molar-refractivity contribution in [2.24, 2.45) is 0 Å². The first-order chi connectivity index (χ1) is 7.60. The molecule has 16 heavy (non-hydrogen) atoms. The van der Waals surface area contributed by atoms with Gasteiger partial charge in [0, 0.05) is 6.61 Å². The Hall–Kier alpha value is -1.37. The molecule has 0 saturated heterocycles. The molecule has 1 rings (SSSR count). The van der Waals surface area contributed by atoms with Crippen LogP contribution in [0.4, 0.5) is 0 Å². The van der Waals surface area contributed by atoms with E-state index in [1.54, 1.807) is 0 Å². The summed E-state index contributed by atoms with van der Waals surface area (Å²) in [6, 6.07) is 2.72. The number of hydrogen-bond acceptors (Lipinski definition) is 6. The monoisotopic (exact) mass is 230 g/mol. The average molecular weight is 230 g/mol. The van der Waals surface area contributed by atoms with Gasteiger partial charge in [0.05, 0.1) is 13.2 Å². The Morgan fingerprint density at radius 1 is 1.50 bits per heavy atom. The van der Waals surface area contributed by atoms with Crippen molar-refractivity contribution in [1.82, 2.24) is 0 Å². The van der Waals surface area contributed by atoms with Crippen LogP contribution in [0.15, 0.2) is 16.5 Å². The van der Waals surface area contributed by atoms with Gasteiger partial charge in [0.15, 0.2) is 0 Å². The Morgan fingerprint density at radius 2 is 2.19 bits per heavy atom. The van der Waals surface area contributed by atoms with Gasteiger partial charge in [-0.2, -0.15) is 0 Å². The number of ether oxygens (including phenoxy) is 1. The molecule has 0 amide bonds. The highest BCUT2D eigenvalue weighted by Gasteiger charge is 2.22. The van der Waals surface area contributed by atoms with Gasteiger partial charge in [0.2, 0.25) is 5.76 Å². The predicted molar refractivity (Wildman–Crippen MR) is 52.7 cm³/mol. The molecule has 0 aliphatic rings. The smallest absolute Gasteiger partial charge is 0.373 e. The molecular formula is C10H14O6. The molecule has 6 heteroatoms. The van der Waals surface area contributed by atoms with Gasteiger partial charge in [-0.25, -0.2) is 4.79 Å². The van der Waals surface area contributed by atoms with Crippen molar-refractivity contribution in [2.45, 2.75) is 18.6 Å². The molecule has 1 aromatic heterocycles. The first-order valence-corrected chi connectivity index (χ1v) is 4.75. The summed E-state index contributed by atoms with van der Waals surface area (Å²) in [4.78, 5) is 11.0. The lowest BCUT2D eigenvalue weighted by Crippen LogP contribution is -2.19. The normalized spacial score (nSPS) is 14.5. The molecule has 6 nitrogen and oxygen atoms in total. The average Bonchev–Trinajstić information content (AvgIpc) is 2.76. The van der Waals surface area contributed by atoms with E-state index in [1.165, 1.54) is 19.2 Å². The van der Waals surface area contributed by atoms with Gasteiger partial charge in [-0.3, -0.25) is 0 Å². The number of hydrogen-bond donors (Lipinski definition) is 3. The summed E-state index contributed by atoms with van der Waals surface area (Å²) in [5, 5.41) is 27.6. The molecule has 3 N–H and O–H groups in total. The SMILES string of the molecule is COC(=O)c1ccc(C(O)C(O)CCO)o1. The number of rotatable bonds is 5. The van der Waals surface area contributed by atoms with Crippen molar-refractivity contribution in [1.29, 1.82) is 0 Å². The molecule has 0 aliphatic heterocycles. The lowest BCUT2D eigenvalue weighted by Gasteiger charge is -2.14. The maximum atomic E-state index is 11.0. The summed E-state index contributed by atoms with van der Waals surface area (Å²) in [6.45, 7) is -0.247. The Kier molecular flexibility index (Phi) is 4.48. The fourth-order valence-corrected chi connectivity index (χ4v) is 1.20. The highest BCUT2D eigenvalue weighted by Crippen LogP contribution is 2.21. The van der Waals surface area contributed by atoms with Crippen LogP contribution in [0.25, 0.3) is 0 Å². The number of esters is 1. The minimum Gasteiger partial charge on any atom is -0.463 e. The zero-order valence-electron chi connectivity index (χ0n) is 8.79. The van der Waals surface area contributed by atoms with Crippen molar-refractivity contribution < 1.29 is 29.3 Å². The van der Waals surface area contributed by atoms with E-state index in [0.29, 0.717) is 0 Å². The summed E-state index contributed by atoms with van der Waals surface area (Å²) in [7, 11) is 1.21. The number of carbonyl (C=O) groups is 1. The van der Waals surface area contributed by atoms with Crippen LogP contribution < -0.4 is 0 Å². The second-order valence-electron chi connectivity index (χ2n) is 3.22. The Morgan fingerprint density at radius 3 is 2.75 bits per heavy atom. The number of aliphatic hydroxyl groups excluding tert-OH is 3. The standard InChI is InChI=1S/C10H14O6/c1-15-10(14)8-3-2-7(16-8)9(13)6(12)4-5-11/h2-3,6,9,11-13H,4-5H2,1H3. The van der Waals surface area contributed by atoms with E-state index in [2.05, 4.69) is 4.74 Å². The zero-order valence-corrected chi connectivity index (χ0v) is 8.79. The Labute approximate surface area is 92.1 Å². The highest BCUT2D eigenvalue weighted by molar-refractivity contribution is 5.86. The number of aliphatic hydroxyl groups is 3. The quantitative estimate of drug-likeness (QED) is 0.608. The van der Waals surface area contributed by atoms with Crippen molar-refractivity contribution >= 4 is 5.97 Å². The maximum Gasteiger partial charge on any atom is 0.373 e. The summed E-state index contributed by atoms with van der Waals surface area (Å²) < 4.78 is 9.42. The van der Waals surface area contributed by atoms with Crippen molar-refractivity contribution in [2.75, 3.05) is 13.7 Å². The molecule has 2 unspecified atom stereocenters. The van der Waals surface area contributed by atoms with Gasteiger partial charge in [0.1, 0.15) is 11.9 Å². The number of furan rings is 1. The molecule has 1 heterocycles. The number of carbonyl (C=O) groups excluding carboxylic acids is 1. The second kappa shape index (κ2) is 5.64. The molecule has 1 aromatic rings. The van der Waals surface area contributed by atoms with Gasteiger partial charge in [-0.1, -0.05) is 0 Å². The molecule has 0 radical (unpaired) electrons. The lowest BCUT2D eigenvalue weighted by atomic mass is 10.1. The lowest BCUT2D eigenvalue weighted by molar-refractivity contribution is -0.00808. The number of methoxy groups -OCH3 is 1. The minimum atomic E-state index is -1.27. The van der Waals surface area contributed by atoms with Gasteiger partial charge >= 0.3 is 5.97 Å². The molecule has 0 aliphatic carbocycles. The van der Waals surface area contributed by atoms with E-state index in [4.69, 9.17) is 9.52 Å². The van der Waals surface area contributed by atoms with E-state index < -0.39 is 18.2 Å².